The molecule has 22 heavy (non-hydrogen) atoms. The average Bonchev–Trinajstić information content (AvgIpc) is 2.76. The number of rotatable bonds is 2. The van der Waals surface area contributed by atoms with Gasteiger partial charge in [0.05, 0.1) is 16.3 Å². The third-order valence-corrected chi connectivity index (χ3v) is 3.52. The van der Waals surface area contributed by atoms with Gasteiger partial charge >= 0.3 is 0 Å². The Morgan fingerprint density at radius 1 is 1.18 bits per heavy atom. The maximum absolute atomic E-state index is 12.5. The number of nitrogens with zero attached hydrogens (tertiary/aromatic N) is 1. The summed E-state index contributed by atoms with van der Waals surface area (Å²) in [5.74, 6) is 0.146. The van der Waals surface area contributed by atoms with Crippen molar-refractivity contribution in [2.45, 2.75) is 0 Å². The van der Waals surface area contributed by atoms with Gasteiger partial charge in [0.1, 0.15) is 5.75 Å². The van der Waals surface area contributed by atoms with E-state index in [4.69, 9.17) is 11.6 Å². The molecule has 1 aromatic heterocycles. The molecule has 2 aromatic carbocycles. The Kier molecular flexibility index (Phi) is 3.61. The predicted octanol–water partition coefficient (Wildman–Crippen LogP) is 1.76. The lowest BCUT2D eigenvalue weighted by atomic mass is 10.2. The van der Waals surface area contributed by atoms with Crippen LogP contribution in [-0.2, 0) is 0 Å². The van der Waals surface area contributed by atoms with E-state index in [-0.39, 0.29) is 11.3 Å². The first-order valence-electron chi connectivity index (χ1n) is 6.61. The molecule has 0 aliphatic rings. The Morgan fingerprint density at radius 2 is 1.91 bits per heavy atom. The predicted molar refractivity (Wildman–Crippen MR) is 87.8 cm³/mol. The Balaban J connectivity index is 2.17. The fourth-order valence-electron chi connectivity index (χ4n) is 2.20. The highest BCUT2D eigenvalue weighted by Crippen LogP contribution is 2.11. The molecule has 0 unspecified atom stereocenters. The van der Waals surface area contributed by atoms with E-state index >= 15 is 0 Å². The first-order valence-corrected chi connectivity index (χ1v) is 6.99. The lowest BCUT2D eigenvalue weighted by molar-refractivity contribution is 0.475. The van der Waals surface area contributed by atoms with Crippen molar-refractivity contribution in [3.63, 3.8) is 0 Å². The molecule has 0 bridgehead atoms. The van der Waals surface area contributed by atoms with Crippen LogP contribution in [0.5, 0.6) is 5.75 Å². The molecule has 1 heterocycles. The monoisotopic (exact) mass is 312 g/mol. The normalized spacial score (nSPS) is 11.8. The zero-order valence-electron chi connectivity index (χ0n) is 11.6. The minimum atomic E-state index is -0.212. The minimum absolute atomic E-state index is 0.146. The zero-order valence-corrected chi connectivity index (χ0v) is 12.3. The standard InChI is InChI=1S/C17H13ClN2O2/c1-11-16(10-12-3-2-4-15(21)9-12)17(22)20(19-11)14-7-5-13(18)6-8-14/h2-10,19,21H,1H2/b16-10+. The number of phenols is 1. The van der Waals surface area contributed by atoms with Crippen molar-refractivity contribution in [2.75, 3.05) is 0 Å². The molecule has 0 saturated heterocycles. The van der Waals surface area contributed by atoms with Crippen molar-refractivity contribution >= 4 is 24.3 Å². The summed E-state index contributed by atoms with van der Waals surface area (Å²) in [5, 5.41) is 14.0. The van der Waals surface area contributed by atoms with E-state index in [9.17, 15) is 9.90 Å². The first kappa shape index (κ1) is 14.2. The smallest absolute Gasteiger partial charge is 0.279 e. The molecule has 0 aliphatic heterocycles. The zero-order chi connectivity index (χ0) is 15.7. The summed E-state index contributed by atoms with van der Waals surface area (Å²) < 4.78 is 1.41. The first-order chi connectivity index (χ1) is 10.5. The van der Waals surface area contributed by atoms with Gasteiger partial charge in [-0.25, -0.2) is 4.68 Å². The number of halogens is 1. The highest BCUT2D eigenvalue weighted by Gasteiger charge is 2.04. The number of nitrogens with one attached hydrogen (secondary N) is 1. The van der Waals surface area contributed by atoms with Crippen LogP contribution in [0.2, 0.25) is 5.02 Å². The lowest BCUT2D eigenvalue weighted by Gasteiger charge is -2.00. The summed E-state index contributed by atoms with van der Waals surface area (Å²) in [6, 6.07) is 13.6. The van der Waals surface area contributed by atoms with E-state index in [0.717, 1.165) is 5.56 Å². The highest BCUT2D eigenvalue weighted by atomic mass is 35.5. The van der Waals surface area contributed by atoms with Crippen LogP contribution in [-0.4, -0.2) is 14.9 Å². The lowest BCUT2D eigenvalue weighted by Crippen LogP contribution is -2.33. The highest BCUT2D eigenvalue weighted by molar-refractivity contribution is 6.30. The number of aromatic hydroxyl groups is 1. The van der Waals surface area contributed by atoms with Crippen molar-refractivity contribution in [1.82, 2.24) is 9.78 Å². The van der Waals surface area contributed by atoms with Gasteiger partial charge in [0.25, 0.3) is 5.56 Å². The molecular weight excluding hydrogens is 300 g/mol. The molecule has 5 heteroatoms. The van der Waals surface area contributed by atoms with Crippen LogP contribution < -0.4 is 16.1 Å². The molecule has 0 atom stereocenters. The minimum Gasteiger partial charge on any atom is -0.508 e. The van der Waals surface area contributed by atoms with Gasteiger partial charge in [-0.3, -0.25) is 9.89 Å². The van der Waals surface area contributed by atoms with Crippen molar-refractivity contribution in [3.05, 3.63) is 80.0 Å². The Bertz CT molecular complexity index is 985. The number of aromatic amines is 1. The Labute approximate surface area is 131 Å². The molecule has 3 rings (SSSR count). The number of hydrogen-bond donors (Lipinski definition) is 2. The van der Waals surface area contributed by atoms with Crippen molar-refractivity contribution in [3.8, 4) is 11.4 Å². The van der Waals surface area contributed by atoms with Gasteiger partial charge in [-0.15, -0.1) is 0 Å². The number of benzene rings is 2. The van der Waals surface area contributed by atoms with E-state index in [1.807, 2.05) is 0 Å². The Hall–Kier alpha value is -2.72. The van der Waals surface area contributed by atoms with Gasteiger partial charge in [0, 0.05) is 5.02 Å². The van der Waals surface area contributed by atoms with Gasteiger partial charge in [-0.05, 0) is 48.0 Å². The van der Waals surface area contributed by atoms with Gasteiger partial charge in [-0.2, -0.15) is 0 Å². The van der Waals surface area contributed by atoms with Gasteiger partial charge in [0.15, 0.2) is 0 Å². The summed E-state index contributed by atoms with van der Waals surface area (Å²) in [5.41, 5.74) is 1.19. The van der Waals surface area contributed by atoms with Crippen molar-refractivity contribution < 1.29 is 5.11 Å². The van der Waals surface area contributed by atoms with Crippen LogP contribution in [0.4, 0.5) is 0 Å². The van der Waals surface area contributed by atoms with E-state index < -0.39 is 0 Å². The molecular formula is C17H13ClN2O2. The molecule has 0 spiro atoms. The molecule has 0 radical (unpaired) electrons. The van der Waals surface area contributed by atoms with Gasteiger partial charge in [0.2, 0.25) is 0 Å². The van der Waals surface area contributed by atoms with Crippen LogP contribution in [0.1, 0.15) is 5.56 Å². The maximum atomic E-state index is 12.5. The largest absolute Gasteiger partial charge is 0.508 e. The van der Waals surface area contributed by atoms with E-state index in [2.05, 4.69) is 11.7 Å². The van der Waals surface area contributed by atoms with Crippen LogP contribution in [0.15, 0.2) is 53.3 Å². The SMILES string of the molecule is C=c1[nH]n(-c2ccc(Cl)cc2)c(=O)/c1=C/c1cccc(O)c1. The molecule has 0 aliphatic carbocycles. The summed E-state index contributed by atoms with van der Waals surface area (Å²) in [7, 11) is 0. The summed E-state index contributed by atoms with van der Waals surface area (Å²) >= 11 is 5.86. The number of hydrogen-bond acceptors (Lipinski definition) is 2. The average molecular weight is 313 g/mol. The third kappa shape index (κ3) is 2.69. The third-order valence-electron chi connectivity index (χ3n) is 3.27. The molecule has 110 valence electrons. The molecule has 3 aromatic rings. The van der Waals surface area contributed by atoms with Crippen LogP contribution in [0.3, 0.4) is 0 Å². The number of aromatic nitrogens is 2. The fraction of sp³-hybridized carbons (Fsp3) is 0. The quantitative estimate of drug-likeness (QED) is 0.757. The van der Waals surface area contributed by atoms with E-state index in [1.54, 1.807) is 54.6 Å². The summed E-state index contributed by atoms with van der Waals surface area (Å²) in [6.45, 7) is 3.87. The van der Waals surface area contributed by atoms with E-state index in [1.165, 1.54) is 4.68 Å². The van der Waals surface area contributed by atoms with Crippen LogP contribution in [0, 0.1) is 0 Å². The summed E-state index contributed by atoms with van der Waals surface area (Å²) in [4.78, 5) is 12.5. The Morgan fingerprint density at radius 3 is 2.59 bits per heavy atom. The second-order valence-electron chi connectivity index (χ2n) is 4.86. The molecule has 2 N–H and O–H groups in total. The van der Waals surface area contributed by atoms with Crippen LogP contribution in [0.25, 0.3) is 18.3 Å². The van der Waals surface area contributed by atoms with Crippen molar-refractivity contribution in [1.29, 1.82) is 0 Å². The maximum Gasteiger partial charge on any atom is 0.279 e. The number of H-pyrrole nitrogens is 1. The second kappa shape index (κ2) is 5.58. The summed E-state index contributed by atoms with van der Waals surface area (Å²) in [6.07, 6.45) is 1.69. The van der Waals surface area contributed by atoms with E-state index in [0.29, 0.717) is 21.3 Å². The fourth-order valence-corrected chi connectivity index (χ4v) is 2.32. The topological polar surface area (TPSA) is 58.0 Å². The second-order valence-corrected chi connectivity index (χ2v) is 5.30. The van der Waals surface area contributed by atoms with Crippen molar-refractivity contribution in [2.24, 2.45) is 0 Å². The van der Waals surface area contributed by atoms with Gasteiger partial charge < -0.3 is 5.11 Å². The molecule has 0 amide bonds. The molecule has 0 saturated carbocycles. The van der Waals surface area contributed by atoms with Crippen LogP contribution >= 0.6 is 11.6 Å². The number of phenolic OH excluding ortho intramolecular Hbond substituents is 1. The van der Waals surface area contributed by atoms with Gasteiger partial charge in [-0.1, -0.05) is 30.3 Å². The molecule has 0 fully saturated rings. The molecule has 4 nitrogen and oxygen atoms in total.